The van der Waals surface area contributed by atoms with Crippen molar-refractivity contribution < 1.29 is 14.4 Å². The van der Waals surface area contributed by atoms with E-state index in [1.165, 1.54) is 11.1 Å². The summed E-state index contributed by atoms with van der Waals surface area (Å²) in [5, 5.41) is 9.06. The molecule has 2 aliphatic heterocycles. The molecular weight excluding hydrogens is 392 g/mol. The number of nitrogens with one attached hydrogen (secondary N) is 3. The highest BCUT2D eigenvalue weighted by molar-refractivity contribution is 5.94. The number of carbonyl (C=O) groups is 3. The highest BCUT2D eigenvalue weighted by Crippen LogP contribution is 2.34. The van der Waals surface area contributed by atoms with Crippen LogP contribution in [-0.2, 0) is 20.8 Å². The summed E-state index contributed by atoms with van der Waals surface area (Å²) in [5.41, 5.74) is 2.50. The Kier molecular flexibility index (Phi) is 6.60. The lowest BCUT2D eigenvalue weighted by atomic mass is 9.87. The van der Waals surface area contributed by atoms with Crippen molar-refractivity contribution in [3.63, 3.8) is 0 Å². The van der Waals surface area contributed by atoms with Crippen LogP contribution in [0, 0.1) is 0 Å². The van der Waals surface area contributed by atoms with Gasteiger partial charge in [0.1, 0.15) is 12.1 Å². The first kappa shape index (κ1) is 21.8. The Morgan fingerprint density at radius 2 is 1.77 bits per heavy atom. The summed E-state index contributed by atoms with van der Waals surface area (Å²) in [4.78, 5) is 40.9. The normalized spacial score (nSPS) is 28.8. The fourth-order valence-corrected chi connectivity index (χ4v) is 5.35. The number of nitrogens with zero attached hydrogens (tertiary/aromatic N) is 1. The third-order valence-electron chi connectivity index (χ3n) is 7.22. The van der Waals surface area contributed by atoms with Crippen LogP contribution in [-0.4, -0.2) is 53.8 Å². The lowest BCUT2D eigenvalue weighted by Gasteiger charge is -2.33. The zero-order chi connectivity index (χ0) is 22.0. The van der Waals surface area contributed by atoms with Gasteiger partial charge in [0.15, 0.2) is 0 Å². The van der Waals surface area contributed by atoms with Crippen LogP contribution < -0.4 is 16.0 Å². The first-order chi connectivity index (χ1) is 15.0. The van der Waals surface area contributed by atoms with Crippen LogP contribution >= 0.6 is 0 Å². The number of hydrogen-bond acceptors (Lipinski definition) is 4. The van der Waals surface area contributed by atoms with Crippen LogP contribution in [0.2, 0.25) is 0 Å². The highest BCUT2D eigenvalue weighted by Gasteiger charge is 2.45. The van der Waals surface area contributed by atoms with Crippen molar-refractivity contribution in [2.75, 3.05) is 7.05 Å². The van der Waals surface area contributed by atoms with Gasteiger partial charge in [-0.25, -0.2) is 0 Å². The summed E-state index contributed by atoms with van der Waals surface area (Å²) in [6.07, 6.45) is 6.93. The summed E-state index contributed by atoms with van der Waals surface area (Å²) < 4.78 is 0. The zero-order valence-corrected chi connectivity index (χ0v) is 18.5. The number of likely N-dealkylation sites (N-methyl/N-ethyl adjacent to an activating group) is 1. The van der Waals surface area contributed by atoms with Crippen LogP contribution in [0.25, 0.3) is 0 Å². The van der Waals surface area contributed by atoms with Crippen LogP contribution in [0.1, 0.15) is 69.0 Å². The highest BCUT2D eigenvalue weighted by atomic mass is 16.2. The van der Waals surface area contributed by atoms with Gasteiger partial charge in [0.25, 0.3) is 0 Å². The van der Waals surface area contributed by atoms with Gasteiger partial charge in [-0.05, 0) is 76.5 Å². The van der Waals surface area contributed by atoms with Gasteiger partial charge >= 0.3 is 0 Å². The van der Waals surface area contributed by atoms with Crippen molar-refractivity contribution in [2.45, 2.75) is 88.5 Å². The SMILES string of the molecule is CN[C@@H](C)C(=O)NC1CCC[C@@H]2CC[C@@H](C(=O)N[C@@H]3CCCc4ccccc43)N2C1=O. The van der Waals surface area contributed by atoms with E-state index >= 15 is 0 Å². The van der Waals surface area contributed by atoms with Crippen LogP contribution in [0.3, 0.4) is 0 Å². The standard InChI is InChI=1S/C24H34N4O3/c1-15(25-2)22(29)27-20-12-6-9-17-13-14-21(28(17)24(20)31)23(30)26-19-11-5-8-16-7-3-4-10-18(16)19/h3-4,7,10,15,17,19-21,25H,5-6,8-9,11-14H2,1-2H3,(H,26,30)(H,27,29)/t15-,17+,19+,20?,21-/m0/s1. The van der Waals surface area contributed by atoms with E-state index in [1.54, 1.807) is 18.9 Å². The molecule has 2 fully saturated rings. The minimum absolute atomic E-state index is 0.00515. The molecule has 168 valence electrons. The van der Waals surface area contributed by atoms with Crippen molar-refractivity contribution in [1.82, 2.24) is 20.9 Å². The molecule has 3 aliphatic rings. The molecule has 7 nitrogen and oxygen atoms in total. The molecule has 4 rings (SSSR count). The Morgan fingerprint density at radius 3 is 2.58 bits per heavy atom. The molecule has 1 aliphatic carbocycles. The van der Waals surface area contributed by atoms with Crippen molar-refractivity contribution in [3.05, 3.63) is 35.4 Å². The van der Waals surface area contributed by atoms with E-state index in [1.807, 2.05) is 12.1 Å². The van der Waals surface area contributed by atoms with Gasteiger partial charge < -0.3 is 20.9 Å². The predicted octanol–water partition coefficient (Wildman–Crippen LogP) is 1.82. The van der Waals surface area contributed by atoms with E-state index in [0.717, 1.165) is 38.5 Å². The molecule has 5 atom stereocenters. The van der Waals surface area contributed by atoms with Gasteiger partial charge in [-0.3, -0.25) is 14.4 Å². The number of fused-ring (bicyclic) bond motifs is 2. The maximum absolute atomic E-state index is 13.4. The first-order valence-corrected chi connectivity index (χ1v) is 11.7. The Labute approximate surface area is 184 Å². The fraction of sp³-hybridized carbons (Fsp3) is 0.625. The molecule has 2 saturated heterocycles. The fourth-order valence-electron chi connectivity index (χ4n) is 5.35. The quantitative estimate of drug-likeness (QED) is 0.670. The summed E-state index contributed by atoms with van der Waals surface area (Å²) in [6, 6.07) is 7.02. The average Bonchev–Trinajstić information content (AvgIpc) is 3.15. The van der Waals surface area contributed by atoms with Gasteiger partial charge in [0, 0.05) is 6.04 Å². The second-order valence-corrected chi connectivity index (χ2v) is 9.15. The van der Waals surface area contributed by atoms with E-state index in [9.17, 15) is 14.4 Å². The molecule has 7 heteroatoms. The largest absolute Gasteiger partial charge is 0.347 e. The predicted molar refractivity (Wildman–Crippen MR) is 118 cm³/mol. The van der Waals surface area contributed by atoms with Gasteiger partial charge in [-0.2, -0.15) is 0 Å². The molecule has 1 aromatic carbocycles. The van der Waals surface area contributed by atoms with Gasteiger partial charge in [-0.1, -0.05) is 24.3 Å². The molecule has 2 heterocycles. The molecule has 3 amide bonds. The summed E-state index contributed by atoms with van der Waals surface area (Å²) in [6.45, 7) is 1.77. The van der Waals surface area contributed by atoms with E-state index in [2.05, 4.69) is 28.1 Å². The third-order valence-corrected chi connectivity index (χ3v) is 7.22. The Bertz CT molecular complexity index is 842. The number of rotatable bonds is 5. The third kappa shape index (κ3) is 4.47. The van der Waals surface area contributed by atoms with Crippen molar-refractivity contribution in [3.8, 4) is 0 Å². The summed E-state index contributed by atoms with van der Waals surface area (Å²) in [5.74, 6) is -0.354. The number of amides is 3. The van der Waals surface area contributed by atoms with Crippen LogP contribution in [0.15, 0.2) is 24.3 Å². The van der Waals surface area contributed by atoms with Crippen molar-refractivity contribution in [2.24, 2.45) is 0 Å². The molecule has 3 N–H and O–H groups in total. The molecule has 0 radical (unpaired) electrons. The molecule has 0 saturated carbocycles. The number of benzene rings is 1. The van der Waals surface area contributed by atoms with Gasteiger partial charge in [0.05, 0.1) is 12.1 Å². The lowest BCUT2D eigenvalue weighted by Crippen LogP contribution is -2.56. The molecule has 31 heavy (non-hydrogen) atoms. The first-order valence-electron chi connectivity index (χ1n) is 11.7. The summed E-state index contributed by atoms with van der Waals surface area (Å²) >= 11 is 0. The Hall–Kier alpha value is -2.41. The molecule has 0 aromatic heterocycles. The molecule has 1 aromatic rings. The minimum atomic E-state index is -0.558. The monoisotopic (exact) mass is 426 g/mol. The second-order valence-electron chi connectivity index (χ2n) is 9.15. The van der Waals surface area contributed by atoms with E-state index < -0.39 is 12.1 Å². The molecule has 1 unspecified atom stereocenters. The lowest BCUT2D eigenvalue weighted by molar-refractivity contribution is -0.143. The summed E-state index contributed by atoms with van der Waals surface area (Å²) in [7, 11) is 1.72. The topological polar surface area (TPSA) is 90.5 Å². The van der Waals surface area contributed by atoms with Gasteiger partial charge in [0.2, 0.25) is 17.7 Å². The number of aryl methyl sites for hydroxylation is 1. The van der Waals surface area contributed by atoms with Crippen LogP contribution in [0.5, 0.6) is 0 Å². The molecule has 0 bridgehead atoms. The minimum Gasteiger partial charge on any atom is -0.347 e. The Balaban J connectivity index is 1.47. The Morgan fingerprint density at radius 1 is 1.00 bits per heavy atom. The number of hydrogen-bond donors (Lipinski definition) is 3. The molecular formula is C24H34N4O3. The van der Waals surface area contributed by atoms with Crippen molar-refractivity contribution in [1.29, 1.82) is 0 Å². The smallest absolute Gasteiger partial charge is 0.246 e. The second kappa shape index (κ2) is 9.39. The van der Waals surface area contributed by atoms with E-state index in [4.69, 9.17) is 0 Å². The van der Waals surface area contributed by atoms with Gasteiger partial charge in [-0.15, -0.1) is 0 Å². The average molecular weight is 427 g/mol. The zero-order valence-electron chi connectivity index (χ0n) is 18.5. The van der Waals surface area contributed by atoms with E-state index in [-0.39, 0.29) is 35.8 Å². The van der Waals surface area contributed by atoms with E-state index in [0.29, 0.717) is 12.8 Å². The van der Waals surface area contributed by atoms with Crippen molar-refractivity contribution >= 4 is 17.7 Å². The molecule has 0 spiro atoms. The maximum atomic E-state index is 13.4. The maximum Gasteiger partial charge on any atom is 0.246 e. The van der Waals surface area contributed by atoms with Crippen LogP contribution in [0.4, 0.5) is 0 Å². The number of carbonyl (C=O) groups excluding carboxylic acids is 3.